The maximum Gasteiger partial charge on any atom is 0.261 e. The van der Waals surface area contributed by atoms with Crippen LogP contribution in [0.4, 0.5) is 0 Å². The predicted molar refractivity (Wildman–Crippen MR) is 80.6 cm³/mol. The molecule has 0 fully saturated rings. The second-order valence-electron chi connectivity index (χ2n) is 4.23. The molecule has 2 N–H and O–H groups in total. The minimum absolute atomic E-state index is 0.0437. The van der Waals surface area contributed by atoms with Gasteiger partial charge in [0.25, 0.3) is 5.91 Å². The number of amides is 1. The van der Waals surface area contributed by atoms with Crippen LogP contribution in [0.3, 0.4) is 0 Å². The van der Waals surface area contributed by atoms with Gasteiger partial charge in [-0.15, -0.1) is 11.3 Å². The van der Waals surface area contributed by atoms with Crippen LogP contribution >= 0.6 is 11.3 Å². The monoisotopic (exact) mass is 285 g/mol. The number of carbonyl (C=O) groups excluding carboxylic acids is 1. The molecule has 0 spiro atoms. The van der Waals surface area contributed by atoms with E-state index in [1.807, 2.05) is 37.3 Å². The van der Waals surface area contributed by atoms with Crippen molar-refractivity contribution in [3.05, 3.63) is 57.8 Å². The Morgan fingerprint density at radius 1 is 1.30 bits per heavy atom. The average Bonchev–Trinajstić information content (AvgIpc) is 2.95. The summed E-state index contributed by atoms with van der Waals surface area (Å²) in [5.41, 5.74) is 1.07. The van der Waals surface area contributed by atoms with Crippen molar-refractivity contribution in [3.63, 3.8) is 0 Å². The number of aliphatic hydroxyl groups excluding tert-OH is 1. The largest absolute Gasteiger partial charge is 0.384 e. The van der Waals surface area contributed by atoms with E-state index in [1.54, 1.807) is 12.1 Å². The second kappa shape index (κ2) is 6.90. The molecular formula is C16H15NO2S. The quantitative estimate of drug-likeness (QED) is 0.852. The lowest BCUT2D eigenvalue weighted by Gasteiger charge is -2.13. The van der Waals surface area contributed by atoms with Crippen LogP contribution < -0.4 is 5.32 Å². The maximum absolute atomic E-state index is 12.1. The van der Waals surface area contributed by atoms with Gasteiger partial charge < -0.3 is 10.4 Å². The van der Waals surface area contributed by atoms with Crippen molar-refractivity contribution in [1.29, 1.82) is 0 Å². The second-order valence-corrected chi connectivity index (χ2v) is 5.31. The summed E-state index contributed by atoms with van der Waals surface area (Å²) in [5, 5.41) is 11.6. The molecule has 20 heavy (non-hydrogen) atoms. The normalized spacial score (nSPS) is 11.3. The Hall–Kier alpha value is -2.09. The first-order chi connectivity index (χ1) is 9.70. The molecule has 102 valence electrons. The lowest BCUT2D eigenvalue weighted by atomic mass is 10.1. The van der Waals surface area contributed by atoms with Crippen LogP contribution in [-0.4, -0.2) is 17.6 Å². The van der Waals surface area contributed by atoms with Crippen molar-refractivity contribution in [3.8, 4) is 11.8 Å². The van der Waals surface area contributed by atoms with Crippen molar-refractivity contribution in [2.45, 2.75) is 13.0 Å². The molecule has 0 saturated heterocycles. The highest BCUT2D eigenvalue weighted by Gasteiger charge is 2.12. The molecule has 1 heterocycles. The molecule has 4 heteroatoms. The topological polar surface area (TPSA) is 49.3 Å². The van der Waals surface area contributed by atoms with Crippen LogP contribution in [0.1, 0.15) is 33.1 Å². The van der Waals surface area contributed by atoms with Crippen molar-refractivity contribution in [1.82, 2.24) is 5.32 Å². The van der Waals surface area contributed by atoms with Gasteiger partial charge in [0, 0.05) is 0 Å². The number of aliphatic hydroxyl groups is 1. The minimum atomic E-state index is -0.176. The summed E-state index contributed by atoms with van der Waals surface area (Å²) in [6.45, 7) is 1.78. The number of nitrogens with one attached hydrogen (secondary N) is 1. The van der Waals surface area contributed by atoms with E-state index in [9.17, 15) is 4.79 Å². The molecule has 1 aromatic heterocycles. The van der Waals surface area contributed by atoms with Gasteiger partial charge in [0.15, 0.2) is 0 Å². The summed E-state index contributed by atoms with van der Waals surface area (Å²) < 4.78 is 0. The lowest BCUT2D eigenvalue weighted by Crippen LogP contribution is -2.25. The molecular weight excluding hydrogens is 270 g/mol. The van der Waals surface area contributed by atoms with Crippen LogP contribution in [0.5, 0.6) is 0 Å². The van der Waals surface area contributed by atoms with Crippen molar-refractivity contribution >= 4 is 17.2 Å². The summed E-state index contributed by atoms with van der Waals surface area (Å²) in [5.74, 6) is 5.25. The molecule has 0 saturated carbocycles. The zero-order chi connectivity index (χ0) is 14.4. The first kappa shape index (κ1) is 14.3. The van der Waals surface area contributed by atoms with E-state index in [2.05, 4.69) is 17.2 Å². The van der Waals surface area contributed by atoms with Gasteiger partial charge in [-0.2, -0.15) is 0 Å². The Kier molecular flexibility index (Phi) is 4.94. The molecule has 0 aliphatic carbocycles. The third-order valence-corrected chi connectivity index (χ3v) is 3.77. The van der Waals surface area contributed by atoms with Gasteiger partial charge in [-0.05, 0) is 24.6 Å². The van der Waals surface area contributed by atoms with Crippen LogP contribution in [0.2, 0.25) is 0 Å². The number of thiophene rings is 1. The highest BCUT2D eigenvalue weighted by atomic mass is 32.1. The maximum atomic E-state index is 12.1. The highest BCUT2D eigenvalue weighted by molar-refractivity contribution is 7.14. The van der Waals surface area contributed by atoms with E-state index >= 15 is 0 Å². The first-order valence-corrected chi connectivity index (χ1v) is 7.07. The molecule has 1 aromatic carbocycles. The summed E-state index contributed by atoms with van der Waals surface area (Å²) in [4.78, 5) is 13.5. The van der Waals surface area contributed by atoms with Crippen molar-refractivity contribution in [2.24, 2.45) is 0 Å². The average molecular weight is 285 g/mol. The fraction of sp³-hybridized carbons (Fsp3) is 0.188. The van der Waals surface area contributed by atoms with Gasteiger partial charge >= 0.3 is 0 Å². The Morgan fingerprint density at radius 3 is 2.75 bits per heavy atom. The molecule has 0 bridgehead atoms. The van der Waals surface area contributed by atoms with Gasteiger partial charge in [-0.1, -0.05) is 42.2 Å². The molecule has 1 amide bonds. The van der Waals surface area contributed by atoms with E-state index in [4.69, 9.17) is 5.11 Å². The smallest absolute Gasteiger partial charge is 0.261 e. The van der Waals surface area contributed by atoms with Crippen LogP contribution in [0.15, 0.2) is 42.5 Å². The van der Waals surface area contributed by atoms with Crippen LogP contribution in [0.25, 0.3) is 0 Å². The molecule has 0 radical (unpaired) electrons. The van der Waals surface area contributed by atoms with Crippen molar-refractivity contribution < 1.29 is 9.90 Å². The van der Waals surface area contributed by atoms with Gasteiger partial charge in [0.1, 0.15) is 6.61 Å². The van der Waals surface area contributed by atoms with Crippen molar-refractivity contribution in [2.75, 3.05) is 6.61 Å². The van der Waals surface area contributed by atoms with E-state index in [0.29, 0.717) is 4.88 Å². The summed E-state index contributed by atoms with van der Waals surface area (Å²) >= 11 is 1.32. The number of hydrogen-bond acceptors (Lipinski definition) is 3. The third-order valence-electron chi connectivity index (χ3n) is 2.77. The molecule has 2 aromatic rings. The van der Waals surface area contributed by atoms with E-state index in [0.717, 1.165) is 10.4 Å². The molecule has 3 nitrogen and oxygen atoms in total. The molecule has 1 unspecified atom stereocenters. The zero-order valence-electron chi connectivity index (χ0n) is 11.1. The third kappa shape index (κ3) is 3.70. The van der Waals surface area contributed by atoms with Gasteiger partial charge in [0.05, 0.1) is 15.8 Å². The van der Waals surface area contributed by atoms with Gasteiger partial charge in [-0.25, -0.2) is 0 Å². The Morgan fingerprint density at radius 2 is 2.05 bits per heavy atom. The van der Waals surface area contributed by atoms with Crippen LogP contribution in [-0.2, 0) is 0 Å². The van der Waals surface area contributed by atoms with E-state index < -0.39 is 0 Å². The number of carbonyl (C=O) groups is 1. The zero-order valence-corrected chi connectivity index (χ0v) is 11.9. The molecule has 1 atom stereocenters. The number of rotatable bonds is 3. The number of benzene rings is 1. The Balaban J connectivity index is 2.03. The molecule has 0 aliphatic heterocycles. The van der Waals surface area contributed by atoms with Gasteiger partial charge in [-0.3, -0.25) is 4.79 Å². The molecule has 0 aliphatic rings. The fourth-order valence-corrected chi connectivity index (χ4v) is 2.53. The number of hydrogen-bond donors (Lipinski definition) is 2. The fourth-order valence-electron chi connectivity index (χ4n) is 1.75. The standard InChI is InChI=1S/C16H15NO2S/c1-12(13-6-3-2-4-7-13)17-16(19)15-10-9-14(20-15)8-5-11-18/h2-4,6-7,9-10,12,18H,11H2,1H3,(H,17,19). The highest BCUT2D eigenvalue weighted by Crippen LogP contribution is 2.17. The summed E-state index contributed by atoms with van der Waals surface area (Å²) in [7, 11) is 0. The minimum Gasteiger partial charge on any atom is -0.384 e. The van der Waals surface area contributed by atoms with Gasteiger partial charge in [0.2, 0.25) is 0 Å². The Labute approximate surface area is 122 Å². The lowest BCUT2D eigenvalue weighted by molar-refractivity contribution is 0.0944. The SMILES string of the molecule is CC(NC(=O)c1ccc(C#CCO)s1)c1ccccc1. The Bertz CT molecular complexity index is 637. The first-order valence-electron chi connectivity index (χ1n) is 6.26. The molecule has 2 rings (SSSR count). The summed E-state index contributed by atoms with van der Waals surface area (Å²) in [6, 6.07) is 13.3. The predicted octanol–water partition coefficient (Wildman–Crippen LogP) is 2.58. The summed E-state index contributed by atoms with van der Waals surface area (Å²) in [6.07, 6.45) is 0. The van der Waals surface area contributed by atoms with Crippen LogP contribution in [0, 0.1) is 11.8 Å². The van der Waals surface area contributed by atoms with E-state index in [-0.39, 0.29) is 18.6 Å². The van der Waals surface area contributed by atoms with E-state index in [1.165, 1.54) is 11.3 Å².